The lowest BCUT2D eigenvalue weighted by molar-refractivity contribution is 0.0268. The summed E-state index contributed by atoms with van der Waals surface area (Å²) in [4.78, 5) is 9.20. The molecule has 0 unspecified atom stereocenters. The van der Waals surface area contributed by atoms with Crippen molar-refractivity contribution in [2.45, 2.75) is 25.9 Å². The normalized spacial score (nSPS) is 16.5. The summed E-state index contributed by atoms with van der Waals surface area (Å²) in [6.07, 6.45) is 1.09. The molecule has 1 heterocycles. The zero-order valence-corrected chi connectivity index (χ0v) is 17.9. The van der Waals surface area contributed by atoms with E-state index in [-0.39, 0.29) is 5.60 Å². The molecule has 1 fully saturated rings. The molecule has 1 aliphatic rings. The Bertz CT molecular complexity index is 600. The molecule has 2 N–H and O–H groups in total. The fourth-order valence-corrected chi connectivity index (χ4v) is 3.19. The Morgan fingerprint density at radius 3 is 2.59 bits per heavy atom. The molecule has 0 radical (unpaired) electrons. The van der Waals surface area contributed by atoms with Gasteiger partial charge < -0.3 is 20.3 Å². The summed E-state index contributed by atoms with van der Waals surface area (Å²) in [5.74, 6) is 0.825. The van der Waals surface area contributed by atoms with E-state index < -0.39 is 0 Å². The molecule has 1 saturated heterocycles. The highest BCUT2D eigenvalue weighted by molar-refractivity contribution is 6.30. The Morgan fingerprint density at radius 1 is 1.22 bits per heavy atom. The minimum absolute atomic E-state index is 0.208. The predicted octanol–water partition coefficient (Wildman–Crippen LogP) is 2.44. The van der Waals surface area contributed by atoms with Crippen LogP contribution in [0.1, 0.15) is 20.3 Å². The molecule has 1 aliphatic heterocycles. The van der Waals surface area contributed by atoms with Crippen LogP contribution < -0.4 is 15.5 Å². The molecule has 152 valence electrons. The van der Waals surface area contributed by atoms with Gasteiger partial charge in [0.1, 0.15) is 0 Å². The fraction of sp³-hybridized carbons (Fsp3) is 0.650. The first-order chi connectivity index (χ1) is 12.9. The van der Waals surface area contributed by atoms with Gasteiger partial charge in [0.15, 0.2) is 5.96 Å². The van der Waals surface area contributed by atoms with Crippen LogP contribution in [0.5, 0.6) is 0 Å². The van der Waals surface area contributed by atoms with Crippen LogP contribution in [-0.2, 0) is 4.74 Å². The first kappa shape index (κ1) is 21.8. The van der Waals surface area contributed by atoms with Gasteiger partial charge in [0.2, 0.25) is 0 Å². The summed E-state index contributed by atoms with van der Waals surface area (Å²) in [7, 11) is 3.52. The second-order valence-corrected chi connectivity index (χ2v) is 7.91. The summed E-state index contributed by atoms with van der Waals surface area (Å²) < 4.78 is 5.42. The van der Waals surface area contributed by atoms with Crippen LogP contribution in [0.3, 0.4) is 0 Å². The Kier molecular flexibility index (Phi) is 8.67. The molecular formula is C20H34ClN5O. The van der Waals surface area contributed by atoms with E-state index in [0.29, 0.717) is 6.54 Å². The van der Waals surface area contributed by atoms with E-state index in [4.69, 9.17) is 16.3 Å². The summed E-state index contributed by atoms with van der Waals surface area (Å²) in [5.41, 5.74) is 1.01. The molecular weight excluding hydrogens is 362 g/mol. The molecule has 0 aliphatic carbocycles. The van der Waals surface area contributed by atoms with Gasteiger partial charge in [-0.1, -0.05) is 17.7 Å². The number of piperazine rings is 1. The number of guanidine groups is 1. The smallest absolute Gasteiger partial charge is 0.191 e. The van der Waals surface area contributed by atoms with Crippen molar-refractivity contribution in [3.05, 3.63) is 29.3 Å². The monoisotopic (exact) mass is 395 g/mol. The van der Waals surface area contributed by atoms with Crippen molar-refractivity contribution >= 4 is 23.2 Å². The molecule has 0 aromatic heterocycles. The topological polar surface area (TPSA) is 52.1 Å². The zero-order valence-electron chi connectivity index (χ0n) is 17.1. The summed E-state index contributed by atoms with van der Waals surface area (Å²) in [6, 6.07) is 8.12. The average molecular weight is 396 g/mol. The number of aliphatic imine (C=N–C) groups is 1. The van der Waals surface area contributed by atoms with E-state index in [9.17, 15) is 0 Å². The van der Waals surface area contributed by atoms with Crippen LogP contribution in [0.2, 0.25) is 5.02 Å². The maximum atomic E-state index is 6.10. The van der Waals surface area contributed by atoms with Crippen LogP contribution in [0, 0.1) is 0 Å². The van der Waals surface area contributed by atoms with Gasteiger partial charge in [0, 0.05) is 64.1 Å². The molecule has 0 bridgehead atoms. The molecule has 1 aromatic rings. The van der Waals surface area contributed by atoms with E-state index in [0.717, 1.165) is 56.7 Å². The Hall–Kier alpha value is -1.50. The number of anilines is 1. The third-order valence-corrected chi connectivity index (χ3v) is 5.18. The van der Waals surface area contributed by atoms with Crippen LogP contribution in [0.4, 0.5) is 5.69 Å². The van der Waals surface area contributed by atoms with Crippen LogP contribution >= 0.6 is 11.6 Å². The maximum absolute atomic E-state index is 6.10. The summed E-state index contributed by atoms with van der Waals surface area (Å²) in [6.45, 7) is 11.1. The second kappa shape index (κ2) is 10.7. The number of rotatable bonds is 8. The number of hydrogen-bond acceptors (Lipinski definition) is 4. The van der Waals surface area contributed by atoms with Gasteiger partial charge in [-0.15, -0.1) is 0 Å². The van der Waals surface area contributed by atoms with Gasteiger partial charge in [-0.3, -0.25) is 9.89 Å². The number of ether oxygens (including phenoxy) is 1. The highest BCUT2D eigenvalue weighted by Gasteiger charge is 2.18. The predicted molar refractivity (Wildman–Crippen MR) is 115 cm³/mol. The Morgan fingerprint density at radius 2 is 1.96 bits per heavy atom. The Labute approximate surface area is 168 Å². The van der Waals surface area contributed by atoms with Gasteiger partial charge >= 0.3 is 0 Å². The molecule has 27 heavy (non-hydrogen) atoms. The van der Waals surface area contributed by atoms with Gasteiger partial charge in [-0.2, -0.15) is 0 Å². The third kappa shape index (κ3) is 7.56. The van der Waals surface area contributed by atoms with Crippen molar-refractivity contribution in [2.75, 3.05) is 64.9 Å². The first-order valence-corrected chi connectivity index (χ1v) is 10.0. The van der Waals surface area contributed by atoms with Gasteiger partial charge in [-0.25, -0.2) is 0 Å². The molecule has 7 heteroatoms. The standard InChI is InChI=1S/C20H34ClN5O/c1-20(2,27-4)16-24-19(22-3)23-9-6-10-25-11-13-26(14-12-25)18-8-5-7-17(21)15-18/h5,7-8,15H,6,9-14,16H2,1-4H3,(H2,22,23,24). The number of methoxy groups -OCH3 is 1. The van der Waals surface area contributed by atoms with Gasteiger partial charge in [0.25, 0.3) is 0 Å². The second-order valence-electron chi connectivity index (χ2n) is 7.48. The Balaban J connectivity index is 1.62. The van der Waals surface area contributed by atoms with Crippen molar-refractivity contribution in [3.63, 3.8) is 0 Å². The number of halogens is 1. The summed E-state index contributed by atoms with van der Waals surface area (Å²) in [5, 5.41) is 7.49. The van der Waals surface area contributed by atoms with Crippen molar-refractivity contribution in [3.8, 4) is 0 Å². The highest BCUT2D eigenvalue weighted by Crippen LogP contribution is 2.20. The van der Waals surface area contributed by atoms with Crippen LogP contribution in [-0.4, -0.2) is 76.4 Å². The highest BCUT2D eigenvalue weighted by atomic mass is 35.5. The van der Waals surface area contributed by atoms with Gasteiger partial charge in [-0.05, 0) is 45.0 Å². The van der Waals surface area contributed by atoms with Crippen LogP contribution in [0.15, 0.2) is 29.3 Å². The lowest BCUT2D eigenvalue weighted by Gasteiger charge is -2.36. The number of nitrogens with zero attached hydrogens (tertiary/aromatic N) is 3. The van der Waals surface area contributed by atoms with E-state index in [1.807, 2.05) is 18.2 Å². The van der Waals surface area contributed by atoms with Crippen molar-refractivity contribution in [1.82, 2.24) is 15.5 Å². The van der Waals surface area contributed by atoms with E-state index >= 15 is 0 Å². The zero-order chi connectivity index (χ0) is 19.7. The molecule has 0 atom stereocenters. The van der Waals surface area contributed by atoms with Crippen LogP contribution in [0.25, 0.3) is 0 Å². The molecule has 2 rings (SSSR count). The average Bonchev–Trinajstić information content (AvgIpc) is 2.68. The molecule has 0 amide bonds. The molecule has 6 nitrogen and oxygen atoms in total. The van der Waals surface area contributed by atoms with Crippen molar-refractivity contribution in [1.29, 1.82) is 0 Å². The minimum Gasteiger partial charge on any atom is -0.377 e. The molecule has 0 saturated carbocycles. The quantitative estimate of drug-likeness (QED) is 0.402. The molecule has 0 spiro atoms. The van der Waals surface area contributed by atoms with E-state index in [1.54, 1.807) is 14.2 Å². The van der Waals surface area contributed by atoms with E-state index in [2.05, 4.69) is 45.3 Å². The summed E-state index contributed by atoms with van der Waals surface area (Å²) >= 11 is 6.10. The largest absolute Gasteiger partial charge is 0.377 e. The fourth-order valence-electron chi connectivity index (χ4n) is 3.00. The molecule has 1 aromatic carbocycles. The van der Waals surface area contributed by atoms with Crippen molar-refractivity contribution in [2.24, 2.45) is 4.99 Å². The number of benzene rings is 1. The SMILES string of the molecule is CN=C(NCCCN1CCN(c2cccc(Cl)c2)CC1)NCC(C)(C)OC. The lowest BCUT2D eigenvalue weighted by atomic mass is 10.1. The minimum atomic E-state index is -0.208. The number of nitrogens with one attached hydrogen (secondary N) is 2. The first-order valence-electron chi connectivity index (χ1n) is 9.66. The van der Waals surface area contributed by atoms with Crippen molar-refractivity contribution < 1.29 is 4.74 Å². The van der Waals surface area contributed by atoms with Gasteiger partial charge in [0.05, 0.1) is 5.60 Å². The third-order valence-electron chi connectivity index (χ3n) is 4.95. The number of hydrogen-bond donors (Lipinski definition) is 2. The lowest BCUT2D eigenvalue weighted by Crippen LogP contribution is -2.48. The van der Waals surface area contributed by atoms with E-state index in [1.165, 1.54) is 5.69 Å². The maximum Gasteiger partial charge on any atom is 0.191 e.